The summed E-state index contributed by atoms with van der Waals surface area (Å²) in [5.41, 5.74) is 2.89. The van der Waals surface area contributed by atoms with E-state index in [2.05, 4.69) is 48.3 Å². The van der Waals surface area contributed by atoms with Crippen LogP contribution in [-0.4, -0.2) is 19.6 Å². The molecule has 0 amide bonds. The summed E-state index contributed by atoms with van der Waals surface area (Å²) in [6.45, 7) is 9.09. The summed E-state index contributed by atoms with van der Waals surface area (Å²) >= 11 is 0. The molecule has 1 saturated heterocycles. The van der Waals surface area contributed by atoms with Gasteiger partial charge in [-0.05, 0) is 43.4 Å². The molecule has 1 aromatic rings. The molecule has 0 aliphatic carbocycles. The van der Waals surface area contributed by atoms with E-state index in [1.165, 1.54) is 50.0 Å². The Labute approximate surface area is 118 Å². The third-order valence-electron chi connectivity index (χ3n) is 4.27. The number of piperidine rings is 1. The Morgan fingerprint density at radius 1 is 1.16 bits per heavy atom. The van der Waals surface area contributed by atoms with Gasteiger partial charge in [-0.3, -0.25) is 0 Å². The minimum absolute atomic E-state index is 0.946. The van der Waals surface area contributed by atoms with E-state index < -0.39 is 0 Å². The van der Waals surface area contributed by atoms with Gasteiger partial charge in [0.05, 0.1) is 0 Å². The largest absolute Gasteiger partial charge is 0.371 e. The van der Waals surface area contributed by atoms with Crippen LogP contribution < -0.4 is 10.2 Å². The molecule has 19 heavy (non-hydrogen) atoms. The molecule has 2 rings (SSSR count). The molecule has 106 valence electrons. The van der Waals surface area contributed by atoms with Crippen LogP contribution in [0.25, 0.3) is 0 Å². The highest BCUT2D eigenvalue weighted by atomic mass is 15.1. The number of hydrogen-bond acceptors (Lipinski definition) is 2. The van der Waals surface area contributed by atoms with Crippen LogP contribution in [0.1, 0.15) is 45.1 Å². The van der Waals surface area contributed by atoms with Gasteiger partial charge in [-0.25, -0.2) is 0 Å². The van der Waals surface area contributed by atoms with Crippen molar-refractivity contribution in [2.24, 2.45) is 5.92 Å². The molecule has 2 nitrogen and oxygen atoms in total. The molecule has 1 aliphatic heterocycles. The number of nitrogens with zero attached hydrogens (tertiary/aromatic N) is 1. The van der Waals surface area contributed by atoms with Gasteiger partial charge in [0.25, 0.3) is 0 Å². The van der Waals surface area contributed by atoms with E-state index in [-0.39, 0.29) is 0 Å². The first kappa shape index (κ1) is 14.4. The van der Waals surface area contributed by atoms with Crippen molar-refractivity contribution in [3.63, 3.8) is 0 Å². The summed E-state index contributed by atoms with van der Waals surface area (Å²) in [5.74, 6) is 0.946. The van der Waals surface area contributed by atoms with E-state index in [1.807, 2.05) is 0 Å². The fourth-order valence-electron chi connectivity index (χ4n) is 2.95. The molecule has 1 aliphatic rings. The standard InChI is InChI=1S/C17H28N2/c1-3-11-18-14-16-7-5-6-8-17(16)19-12-9-15(4-2)10-13-19/h5-8,15,18H,3-4,9-14H2,1-2H3. The third kappa shape index (κ3) is 3.97. The van der Waals surface area contributed by atoms with Crippen LogP contribution in [0.5, 0.6) is 0 Å². The van der Waals surface area contributed by atoms with E-state index >= 15 is 0 Å². The fraction of sp³-hybridized carbons (Fsp3) is 0.647. The lowest BCUT2D eigenvalue weighted by atomic mass is 9.94. The van der Waals surface area contributed by atoms with Gasteiger partial charge in [-0.1, -0.05) is 38.5 Å². The Bertz CT molecular complexity index is 367. The minimum atomic E-state index is 0.946. The fourth-order valence-corrected chi connectivity index (χ4v) is 2.95. The highest BCUT2D eigenvalue weighted by Crippen LogP contribution is 2.27. The quantitative estimate of drug-likeness (QED) is 0.782. The average Bonchev–Trinajstić information content (AvgIpc) is 2.48. The van der Waals surface area contributed by atoms with Crippen molar-refractivity contribution in [1.82, 2.24) is 5.32 Å². The van der Waals surface area contributed by atoms with Gasteiger partial charge in [-0.15, -0.1) is 0 Å². The maximum Gasteiger partial charge on any atom is 0.0411 e. The number of benzene rings is 1. The molecule has 0 saturated carbocycles. The zero-order valence-corrected chi connectivity index (χ0v) is 12.5. The van der Waals surface area contributed by atoms with E-state index in [0.717, 1.165) is 19.0 Å². The predicted octanol–water partition coefficient (Wildman–Crippen LogP) is 3.81. The molecule has 0 spiro atoms. The van der Waals surface area contributed by atoms with Crippen molar-refractivity contribution in [2.45, 2.75) is 46.1 Å². The number of para-hydroxylation sites is 1. The number of nitrogens with one attached hydrogen (secondary N) is 1. The number of anilines is 1. The Balaban J connectivity index is 1.99. The molecular weight excluding hydrogens is 232 g/mol. The Kier molecular flexibility index (Phi) is 5.71. The van der Waals surface area contributed by atoms with Gasteiger partial charge in [0.15, 0.2) is 0 Å². The molecule has 0 bridgehead atoms. The maximum atomic E-state index is 3.52. The van der Waals surface area contributed by atoms with Crippen LogP contribution in [0.15, 0.2) is 24.3 Å². The SMILES string of the molecule is CCCNCc1ccccc1N1CCC(CC)CC1. The topological polar surface area (TPSA) is 15.3 Å². The van der Waals surface area contributed by atoms with Crippen molar-refractivity contribution >= 4 is 5.69 Å². The van der Waals surface area contributed by atoms with E-state index in [0.29, 0.717) is 0 Å². The van der Waals surface area contributed by atoms with E-state index in [9.17, 15) is 0 Å². The first-order chi connectivity index (χ1) is 9.35. The molecule has 1 N–H and O–H groups in total. The first-order valence-electron chi connectivity index (χ1n) is 7.88. The highest BCUT2D eigenvalue weighted by molar-refractivity contribution is 5.53. The Morgan fingerprint density at radius 2 is 1.89 bits per heavy atom. The zero-order chi connectivity index (χ0) is 13.5. The normalized spacial score (nSPS) is 16.8. The van der Waals surface area contributed by atoms with Crippen molar-refractivity contribution in [3.05, 3.63) is 29.8 Å². The van der Waals surface area contributed by atoms with Crippen LogP contribution in [0.2, 0.25) is 0 Å². The van der Waals surface area contributed by atoms with Crippen LogP contribution in [-0.2, 0) is 6.54 Å². The van der Waals surface area contributed by atoms with Crippen molar-refractivity contribution < 1.29 is 0 Å². The summed E-state index contributed by atoms with van der Waals surface area (Å²) in [4.78, 5) is 2.58. The van der Waals surface area contributed by atoms with Gasteiger partial charge in [-0.2, -0.15) is 0 Å². The van der Waals surface area contributed by atoms with Gasteiger partial charge in [0.1, 0.15) is 0 Å². The predicted molar refractivity (Wildman–Crippen MR) is 83.7 cm³/mol. The lowest BCUT2D eigenvalue weighted by molar-refractivity contribution is 0.394. The summed E-state index contributed by atoms with van der Waals surface area (Å²) in [5, 5.41) is 3.52. The molecule has 1 heterocycles. The highest BCUT2D eigenvalue weighted by Gasteiger charge is 2.19. The summed E-state index contributed by atoms with van der Waals surface area (Å²) < 4.78 is 0. The zero-order valence-electron chi connectivity index (χ0n) is 12.5. The summed E-state index contributed by atoms with van der Waals surface area (Å²) in [6, 6.07) is 8.88. The van der Waals surface area contributed by atoms with Crippen LogP contribution >= 0.6 is 0 Å². The van der Waals surface area contributed by atoms with E-state index in [1.54, 1.807) is 0 Å². The molecular formula is C17H28N2. The van der Waals surface area contributed by atoms with Gasteiger partial charge in [0, 0.05) is 25.3 Å². The van der Waals surface area contributed by atoms with Crippen LogP contribution in [0.3, 0.4) is 0 Å². The second-order valence-corrected chi connectivity index (χ2v) is 5.64. The monoisotopic (exact) mass is 260 g/mol. The lowest BCUT2D eigenvalue weighted by Gasteiger charge is -2.34. The Morgan fingerprint density at radius 3 is 2.58 bits per heavy atom. The second-order valence-electron chi connectivity index (χ2n) is 5.64. The molecule has 1 aromatic carbocycles. The van der Waals surface area contributed by atoms with Crippen molar-refractivity contribution in [1.29, 1.82) is 0 Å². The first-order valence-corrected chi connectivity index (χ1v) is 7.88. The molecule has 1 fully saturated rings. The molecule has 0 unspecified atom stereocenters. The van der Waals surface area contributed by atoms with Gasteiger partial charge in [0.2, 0.25) is 0 Å². The number of hydrogen-bond donors (Lipinski definition) is 1. The number of rotatable bonds is 6. The van der Waals surface area contributed by atoms with Crippen molar-refractivity contribution in [2.75, 3.05) is 24.5 Å². The van der Waals surface area contributed by atoms with Crippen molar-refractivity contribution in [3.8, 4) is 0 Å². The maximum absolute atomic E-state index is 3.52. The van der Waals surface area contributed by atoms with Gasteiger partial charge >= 0.3 is 0 Å². The van der Waals surface area contributed by atoms with Gasteiger partial charge < -0.3 is 10.2 Å². The minimum Gasteiger partial charge on any atom is -0.371 e. The van der Waals surface area contributed by atoms with Crippen LogP contribution in [0, 0.1) is 5.92 Å². The molecule has 0 atom stereocenters. The molecule has 0 radical (unpaired) electrons. The van der Waals surface area contributed by atoms with Crippen LogP contribution in [0.4, 0.5) is 5.69 Å². The molecule has 2 heteroatoms. The smallest absolute Gasteiger partial charge is 0.0411 e. The average molecular weight is 260 g/mol. The summed E-state index contributed by atoms with van der Waals surface area (Å²) in [7, 11) is 0. The third-order valence-corrected chi connectivity index (χ3v) is 4.27. The lowest BCUT2D eigenvalue weighted by Crippen LogP contribution is -2.34. The summed E-state index contributed by atoms with van der Waals surface area (Å²) in [6.07, 6.45) is 5.25. The second kappa shape index (κ2) is 7.54. The van der Waals surface area contributed by atoms with E-state index in [4.69, 9.17) is 0 Å². The Hall–Kier alpha value is -1.02. The molecule has 0 aromatic heterocycles.